The molecule has 2 atom stereocenters. The van der Waals surface area contributed by atoms with Crippen LogP contribution in [-0.4, -0.2) is 29.7 Å². The normalized spacial score (nSPS) is 25.3. The molecule has 1 aliphatic rings. The molecule has 0 saturated heterocycles. The number of hydrogen-bond donors (Lipinski definition) is 2. The molecule has 0 heterocycles. The van der Waals surface area contributed by atoms with Crippen molar-refractivity contribution in [1.82, 2.24) is 5.32 Å². The Morgan fingerprint density at radius 3 is 2.65 bits per heavy atom. The monoisotopic (exact) mass is 257 g/mol. The van der Waals surface area contributed by atoms with Crippen LogP contribution in [0.15, 0.2) is 37.0 Å². The van der Waals surface area contributed by atoms with Gasteiger partial charge in [0.25, 0.3) is 10.1 Å². The topological polar surface area (TPSA) is 83.5 Å². The third kappa shape index (κ3) is 3.04. The Labute approximate surface area is 101 Å². The second-order valence-corrected chi connectivity index (χ2v) is 5.62. The second kappa shape index (κ2) is 4.85. The molecule has 0 aromatic carbocycles. The van der Waals surface area contributed by atoms with Crippen molar-refractivity contribution in [3.05, 3.63) is 37.0 Å². The summed E-state index contributed by atoms with van der Waals surface area (Å²) in [4.78, 5) is 11.4. The smallest absolute Gasteiger partial charge is 0.270 e. The summed E-state index contributed by atoms with van der Waals surface area (Å²) < 4.78 is 31.6. The van der Waals surface area contributed by atoms with E-state index in [0.717, 1.165) is 6.08 Å². The fourth-order valence-electron chi connectivity index (χ4n) is 1.68. The fourth-order valence-corrected chi connectivity index (χ4v) is 2.44. The van der Waals surface area contributed by atoms with Crippen LogP contribution in [0.2, 0.25) is 0 Å². The molecule has 2 unspecified atom stereocenters. The van der Waals surface area contributed by atoms with E-state index in [1.165, 1.54) is 6.92 Å². The van der Waals surface area contributed by atoms with Gasteiger partial charge in [-0.05, 0) is 19.4 Å². The van der Waals surface area contributed by atoms with Crippen LogP contribution in [0, 0.1) is 0 Å². The molecular formula is C11H15NO4S. The number of rotatable bonds is 4. The lowest BCUT2D eigenvalue weighted by Gasteiger charge is -2.35. The largest absolute Gasteiger partial charge is 0.342 e. The van der Waals surface area contributed by atoms with Gasteiger partial charge in [-0.2, -0.15) is 8.42 Å². The standard InChI is InChI=1S/C11H15NO4S/c1-3-10(13)12-11(7-5-4-6-8-11)9(2)17(14,15)16/h3-7,9H,1,8H2,2H3,(H,12,13)(H,14,15,16). The lowest BCUT2D eigenvalue weighted by atomic mass is 9.88. The summed E-state index contributed by atoms with van der Waals surface area (Å²) in [7, 11) is -4.25. The number of hydrogen-bond acceptors (Lipinski definition) is 3. The summed E-state index contributed by atoms with van der Waals surface area (Å²) >= 11 is 0. The molecule has 0 aliphatic heterocycles. The first-order chi connectivity index (χ1) is 7.82. The molecule has 0 bridgehead atoms. The first-order valence-corrected chi connectivity index (χ1v) is 6.57. The molecule has 0 fully saturated rings. The van der Waals surface area contributed by atoms with Crippen LogP contribution in [0.4, 0.5) is 0 Å². The van der Waals surface area contributed by atoms with Gasteiger partial charge in [-0.15, -0.1) is 0 Å². The minimum atomic E-state index is -4.25. The Morgan fingerprint density at radius 1 is 1.59 bits per heavy atom. The SMILES string of the molecule is C=CC(=O)NC1(C(C)S(=O)(=O)O)C=CC=CC1. The van der Waals surface area contributed by atoms with E-state index in [9.17, 15) is 13.2 Å². The lowest BCUT2D eigenvalue weighted by molar-refractivity contribution is -0.117. The van der Waals surface area contributed by atoms with Gasteiger partial charge in [0.15, 0.2) is 0 Å². The van der Waals surface area contributed by atoms with Crippen LogP contribution in [0.1, 0.15) is 13.3 Å². The van der Waals surface area contributed by atoms with Crippen LogP contribution in [0.25, 0.3) is 0 Å². The van der Waals surface area contributed by atoms with E-state index in [-0.39, 0.29) is 0 Å². The van der Waals surface area contributed by atoms with Gasteiger partial charge in [0, 0.05) is 0 Å². The highest BCUT2D eigenvalue weighted by Crippen LogP contribution is 2.26. The van der Waals surface area contributed by atoms with Crippen LogP contribution in [-0.2, 0) is 14.9 Å². The molecule has 1 aliphatic carbocycles. The van der Waals surface area contributed by atoms with E-state index in [0.29, 0.717) is 6.42 Å². The van der Waals surface area contributed by atoms with Crippen molar-refractivity contribution < 1.29 is 17.8 Å². The van der Waals surface area contributed by atoms with Crippen LogP contribution >= 0.6 is 0 Å². The minimum Gasteiger partial charge on any atom is -0.342 e. The molecule has 0 radical (unpaired) electrons. The minimum absolute atomic E-state index is 0.296. The van der Waals surface area contributed by atoms with Gasteiger partial charge in [-0.3, -0.25) is 9.35 Å². The Hall–Kier alpha value is -1.40. The van der Waals surface area contributed by atoms with E-state index < -0.39 is 26.8 Å². The van der Waals surface area contributed by atoms with Crippen molar-refractivity contribution in [2.75, 3.05) is 0 Å². The molecule has 1 rings (SSSR count). The fraction of sp³-hybridized carbons (Fsp3) is 0.364. The highest BCUT2D eigenvalue weighted by atomic mass is 32.2. The Kier molecular flexibility index (Phi) is 3.90. The summed E-state index contributed by atoms with van der Waals surface area (Å²) in [5.41, 5.74) is -1.13. The molecule has 5 nitrogen and oxygen atoms in total. The van der Waals surface area contributed by atoms with E-state index in [4.69, 9.17) is 4.55 Å². The molecule has 1 amide bonds. The zero-order valence-electron chi connectivity index (χ0n) is 9.46. The summed E-state index contributed by atoms with van der Waals surface area (Å²) in [6.45, 7) is 4.66. The van der Waals surface area contributed by atoms with Gasteiger partial charge < -0.3 is 5.32 Å². The Balaban J connectivity index is 3.11. The van der Waals surface area contributed by atoms with E-state index in [1.807, 2.05) is 0 Å². The highest BCUT2D eigenvalue weighted by Gasteiger charge is 2.41. The van der Waals surface area contributed by atoms with Crippen molar-refractivity contribution >= 4 is 16.0 Å². The third-order valence-corrected chi connectivity index (χ3v) is 4.12. The predicted molar refractivity (Wildman–Crippen MR) is 65.0 cm³/mol. The lowest BCUT2D eigenvalue weighted by Crippen LogP contribution is -2.56. The zero-order chi connectivity index (χ0) is 13.1. The van der Waals surface area contributed by atoms with Gasteiger partial charge in [0.1, 0.15) is 5.25 Å². The van der Waals surface area contributed by atoms with Crippen molar-refractivity contribution in [2.45, 2.75) is 24.1 Å². The van der Waals surface area contributed by atoms with Gasteiger partial charge in [0.05, 0.1) is 5.54 Å². The van der Waals surface area contributed by atoms with Crippen LogP contribution < -0.4 is 5.32 Å². The average molecular weight is 257 g/mol. The van der Waals surface area contributed by atoms with Crippen molar-refractivity contribution in [3.8, 4) is 0 Å². The zero-order valence-corrected chi connectivity index (χ0v) is 10.3. The molecule has 94 valence electrons. The number of carbonyl (C=O) groups excluding carboxylic acids is 1. The maximum absolute atomic E-state index is 11.4. The maximum Gasteiger partial charge on any atom is 0.270 e. The van der Waals surface area contributed by atoms with Gasteiger partial charge >= 0.3 is 0 Å². The maximum atomic E-state index is 11.4. The number of amides is 1. The number of allylic oxidation sites excluding steroid dienone is 2. The summed E-state index contributed by atoms with van der Waals surface area (Å²) in [5, 5.41) is 1.42. The first-order valence-electron chi connectivity index (χ1n) is 5.07. The van der Waals surface area contributed by atoms with E-state index >= 15 is 0 Å². The van der Waals surface area contributed by atoms with Gasteiger partial charge in [0.2, 0.25) is 5.91 Å². The Morgan fingerprint density at radius 2 is 2.24 bits per heavy atom. The molecule has 0 saturated carbocycles. The Bertz CT molecular complexity index is 478. The number of nitrogens with one attached hydrogen (secondary N) is 1. The van der Waals surface area contributed by atoms with Gasteiger partial charge in [-0.1, -0.05) is 30.9 Å². The summed E-state index contributed by atoms with van der Waals surface area (Å²) in [6, 6.07) is 0. The average Bonchev–Trinajstić information content (AvgIpc) is 2.28. The molecule has 0 spiro atoms. The third-order valence-electron chi connectivity index (χ3n) is 2.81. The van der Waals surface area contributed by atoms with Crippen LogP contribution in [0.3, 0.4) is 0 Å². The van der Waals surface area contributed by atoms with Crippen molar-refractivity contribution in [3.63, 3.8) is 0 Å². The van der Waals surface area contributed by atoms with E-state index in [1.54, 1.807) is 24.3 Å². The first kappa shape index (κ1) is 13.7. The molecule has 0 aromatic heterocycles. The quantitative estimate of drug-likeness (QED) is 0.577. The summed E-state index contributed by atoms with van der Waals surface area (Å²) in [5.74, 6) is -0.486. The summed E-state index contributed by atoms with van der Waals surface area (Å²) in [6.07, 6.45) is 8.02. The van der Waals surface area contributed by atoms with E-state index in [2.05, 4.69) is 11.9 Å². The van der Waals surface area contributed by atoms with Crippen LogP contribution in [0.5, 0.6) is 0 Å². The molecule has 2 N–H and O–H groups in total. The second-order valence-electron chi connectivity index (χ2n) is 3.88. The van der Waals surface area contributed by atoms with Crippen molar-refractivity contribution in [1.29, 1.82) is 0 Å². The van der Waals surface area contributed by atoms with Gasteiger partial charge in [-0.25, -0.2) is 0 Å². The number of carbonyl (C=O) groups is 1. The molecular weight excluding hydrogens is 242 g/mol. The van der Waals surface area contributed by atoms with Crippen molar-refractivity contribution in [2.24, 2.45) is 0 Å². The predicted octanol–water partition coefficient (Wildman–Crippen LogP) is 0.820. The molecule has 6 heteroatoms. The molecule has 0 aromatic rings. The highest BCUT2D eigenvalue weighted by molar-refractivity contribution is 7.86. The molecule has 17 heavy (non-hydrogen) atoms.